The summed E-state index contributed by atoms with van der Waals surface area (Å²) in [5.41, 5.74) is 0.539. The van der Waals surface area contributed by atoms with Crippen LogP contribution in [-0.2, 0) is 9.59 Å². The first-order valence-corrected chi connectivity index (χ1v) is 9.46. The molecular weight excluding hydrogens is 361 g/mol. The van der Waals surface area contributed by atoms with E-state index in [1.54, 1.807) is 25.1 Å². The molecule has 2 aliphatic rings. The molecule has 136 valence electrons. The lowest BCUT2D eigenvalue weighted by Crippen LogP contribution is -2.58. The Morgan fingerprint density at radius 1 is 1.20 bits per heavy atom. The van der Waals surface area contributed by atoms with Crippen molar-refractivity contribution in [2.75, 3.05) is 11.9 Å². The third-order valence-electron chi connectivity index (χ3n) is 5.09. The third-order valence-corrected chi connectivity index (χ3v) is 5.90. The van der Waals surface area contributed by atoms with Crippen LogP contribution < -0.4 is 10.6 Å². The summed E-state index contributed by atoms with van der Waals surface area (Å²) in [4.78, 5) is 26.1. The molecule has 0 radical (unpaired) electrons. The zero-order valence-electron chi connectivity index (χ0n) is 14.2. The summed E-state index contributed by atoms with van der Waals surface area (Å²) in [5, 5.41) is 6.69. The van der Waals surface area contributed by atoms with Crippen molar-refractivity contribution in [2.45, 2.75) is 57.2 Å². The van der Waals surface area contributed by atoms with Crippen LogP contribution in [0.1, 0.15) is 39.0 Å². The van der Waals surface area contributed by atoms with E-state index < -0.39 is 0 Å². The minimum atomic E-state index is -0.0842. The van der Waals surface area contributed by atoms with Crippen molar-refractivity contribution >= 4 is 40.7 Å². The Kier molecular flexibility index (Phi) is 5.87. The summed E-state index contributed by atoms with van der Waals surface area (Å²) in [5.74, 6) is -0.0658. The fourth-order valence-corrected chi connectivity index (χ4v) is 4.45. The van der Waals surface area contributed by atoms with Crippen molar-refractivity contribution in [2.24, 2.45) is 0 Å². The van der Waals surface area contributed by atoms with E-state index in [0.717, 1.165) is 25.7 Å². The fourth-order valence-electron chi connectivity index (χ4n) is 4.10. The topological polar surface area (TPSA) is 61.4 Å². The first kappa shape index (κ1) is 18.5. The van der Waals surface area contributed by atoms with Crippen LogP contribution in [0.25, 0.3) is 0 Å². The number of carbonyl (C=O) groups is 2. The second kappa shape index (κ2) is 7.94. The van der Waals surface area contributed by atoms with Gasteiger partial charge in [-0.3, -0.25) is 14.5 Å². The fraction of sp³-hybridized carbons (Fsp3) is 0.556. The van der Waals surface area contributed by atoms with Crippen molar-refractivity contribution in [3.63, 3.8) is 0 Å². The number of amides is 2. The average Bonchev–Trinajstić information content (AvgIpc) is 2.52. The van der Waals surface area contributed by atoms with E-state index in [9.17, 15) is 9.59 Å². The molecule has 7 heteroatoms. The van der Waals surface area contributed by atoms with Crippen LogP contribution in [0.2, 0.25) is 10.0 Å². The zero-order chi connectivity index (χ0) is 18.0. The Bertz CT molecular complexity index is 654. The lowest BCUT2D eigenvalue weighted by atomic mass is 9.81. The van der Waals surface area contributed by atoms with Crippen LogP contribution in [-0.4, -0.2) is 41.4 Å². The number of rotatable bonds is 4. The highest BCUT2D eigenvalue weighted by atomic mass is 35.5. The molecule has 2 saturated heterocycles. The van der Waals surface area contributed by atoms with Gasteiger partial charge in [-0.2, -0.15) is 0 Å². The lowest BCUT2D eigenvalue weighted by Gasteiger charge is -2.48. The van der Waals surface area contributed by atoms with Crippen molar-refractivity contribution < 1.29 is 9.59 Å². The summed E-state index contributed by atoms with van der Waals surface area (Å²) in [7, 11) is 0. The van der Waals surface area contributed by atoms with Crippen LogP contribution in [0.3, 0.4) is 0 Å². The van der Waals surface area contributed by atoms with Crippen molar-refractivity contribution in [3.8, 4) is 0 Å². The van der Waals surface area contributed by atoms with Crippen molar-refractivity contribution in [1.82, 2.24) is 10.2 Å². The molecule has 25 heavy (non-hydrogen) atoms. The molecule has 2 N–H and O–H groups in total. The van der Waals surface area contributed by atoms with E-state index in [4.69, 9.17) is 23.2 Å². The van der Waals surface area contributed by atoms with Gasteiger partial charge in [0.1, 0.15) is 0 Å². The van der Waals surface area contributed by atoms with Crippen LogP contribution in [0.15, 0.2) is 18.2 Å². The van der Waals surface area contributed by atoms with Crippen molar-refractivity contribution in [3.05, 3.63) is 28.2 Å². The molecule has 0 spiro atoms. The van der Waals surface area contributed by atoms with E-state index in [-0.39, 0.29) is 17.9 Å². The molecule has 1 aromatic carbocycles. The zero-order valence-corrected chi connectivity index (χ0v) is 15.7. The lowest BCUT2D eigenvalue weighted by molar-refractivity contribution is -0.123. The minimum Gasteiger partial charge on any atom is -0.353 e. The quantitative estimate of drug-likeness (QED) is 0.836. The highest BCUT2D eigenvalue weighted by molar-refractivity contribution is 6.44. The van der Waals surface area contributed by atoms with Gasteiger partial charge >= 0.3 is 0 Å². The van der Waals surface area contributed by atoms with E-state index in [1.807, 2.05) is 0 Å². The number of hydrogen-bond acceptors (Lipinski definition) is 3. The third kappa shape index (κ3) is 4.46. The predicted octanol–water partition coefficient (Wildman–Crippen LogP) is 3.45. The first-order chi connectivity index (χ1) is 11.9. The number of benzene rings is 1. The largest absolute Gasteiger partial charge is 0.353 e. The van der Waals surface area contributed by atoms with E-state index in [1.165, 1.54) is 6.42 Å². The van der Waals surface area contributed by atoms with Gasteiger partial charge < -0.3 is 10.6 Å². The monoisotopic (exact) mass is 383 g/mol. The molecule has 0 aromatic heterocycles. The van der Waals surface area contributed by atoms with E-state index >= 15 is 0 Å². The summed E-state index contributed by atoms with van der Waals surface area (Å²) >= 11 is 12.1. The second-order valence-corrected chi connectivity index (χ2v) is 7.71. The molecule has 1 aromatic rings. The molecule has 2 amide bonds. The number of hydrogen-bond donors (Lipinski definition) is 2. The van der Waals surface area contributed by atoms with Gasteiger partial charge in [-0.25, -0.2) is 0 Å². The normalized spacial score (nSPS) is 26.1. The van der Waals surface area contributed by atoms with Crippen LogP contribution in [0, 0.1) is 0 Å². The maximum atomic E-state index is 12.5. The smallest absolute Gasteiger partial charge is 0.238 e. The van der Waals surface area contributed by atoms with Gasteiger partial charge in [0.25, 0.3) is 0 Å². The number of nitrogens with one attached hydrogen (secondary N) is 2. The number of carbonyl (C=O) groups excluding carboxylic acids is 2. The number of nitrogens with zero attached hydrogens (tertiary/aromatic N) is 1. The summed E-state index contributed by atoms with van der Waals surface area (Å²) < 4.78 is 0. The number of fused-ring (bicyclic) bond motifs is 2. The van der Waals surface area contributed by atoms with Gasteiger partial charge in [0, 0.05) is 25.0 Å². The predicted molar refractivity (Wildman–Crippen MR) is 100 cm³/mol. The Morgan fingerprint density at radius 2 is 1.88 bits per heavy atom. The standard InChI is InChI=1S/C18H23Cl2N3O2/c1-11(24)21-12-8-13-4-2-5-14(9-12)23(13)10-17(25)22-16-7-3-6-15(19)18(16)20/h3,6-7,12-14H,2,4-5,8-10H2,1H3,(H,21,24)(H,22,25)/t13-,14-/m0/s1. The molecule has 0 saturated carbocycles. The van der Waals surface area contributed by atoms with E-state index in [2.05, 4.69) is 15.5 Å². The van der Waals surface area contributed by atoms with Gasteiger partial charge in [0.2, 0.25) is 11.8 Å². The Balaban J connectivity index is 1.63. The molecule has 0 aliphatic carbocycles. The highest BCUT2D eigenvalue weighted by Gasteiger charge is 2.39. The minimum absolute atomic E-state index is 0.0184. The van der Waals surface area contributed by atoms with Crippen LogP contribution in [0.4, 0.5) is 5.69 Å². The SMILES string of the molecule is CC(=O)NC1C[C@@H]2CCC[C@@H](C1)N2CC(=O)Nc1cccc(Cl)c1Cl. The summed E-state index contributed by atoms with van der Waals surface area (Å²) in [6, 6.07) is 6.09. The Labute approximate surface area is 158 Å². The first-order valence-electron chi connectivity index (χ1n) is 8.70. The van der Waals surface area contributed by atoms with Gasteiger partial charge in [-0.1, -0.05) is 35.7 Å². The van der Waals surface area contributed by atoms with Gasteiger partial charge in [-0.15, -0.1) is 0 Å². The maximum Gasteiger partial charge on any atom is 0.238 e. The van der Waals surface area contributed by atoms with E-state index in [0.29, 0.717) is 34.4 Å². The second-order valence-electron chi connectivity index (χ2n) is 6.93. The van der Waals surface area contributed by atoms with Crippen LogP contribution >= 0.6 is 23.2 Å². The van der Waals surface area contributed by atoms with Gasteiger partial charge in [0.15, 0.2) is 0 Å². The molecule has 2 heterocycles. The van der Waals surface area contributed by atoms with Gasteiger partial charge in [0.05, 0.1) is 22.3 Å². The molecule has 2 fully saturated rings. The van der Waals surface area contributed by atoms with Gasteiger partial charge in [-0.05, 0) is 37.8 Å². The Morgan fingerprint density at radius 3 is 2.52 bits per heavy atom. The van der Waals surface area contributed by atoms with Crippen LogP contribution in [0.5, 0.6) is 0 Å². The summed E-state index contributed by atoms with van der Waals surface area (Å²) in [6.07, 6.45) is 5.12. The number of anilines is 1. The highest BCUT2D eigenvalue weighted by Crippen LogP contribution is 2.34. The average molecular weight is 384 g/mol. The molecule has 5 nitrogen and oxygen atoms in total. The molecule has 2 aliphatic heterocycles. The van der Waals surface area contributed by atoms with Crippen molar-refractivity contribution in [1.29, 1.82) is 0 Å². The Hall–Kier alpha value is -1.30. The molecular formula is C18H23Cl2N3O2. The number of piperidine rings is 2. The molecule has 0 unspecified atom stereocenters. The molecule has 2 atom stereocenters. The summed E-state index contributed by atoms with van der Waals surface area (Å²) in [6.45, 7) is 1.90. The molecule has 2 bridgehead atoms. The maximum absolute atomic E-state index is 12.5. The number of halogens is 2. The molecule has 3 rings (SSSR count).